The molecule has 0 bridgehead atoms. The smallest absolute Gasteiger partial charge is 0.256 e. The average molecular weight is 506 g/mol. The van der Waals surface area contributed by atoms with Crippen molar-refractivity contribution in [1.29, 1.82) is 0 Å². The molecule has 0 saturated carbocycles. The Hall–Kier alpha value is -4.85. The number of hydrogen-bond donors (Lipinski definition) is 2. The van der Waals surface area contributed by atoms with Crippen molar-refractivity contribution in [1.82, 2.24) is 20.3 Å². The zero-order valence-electron chi connectivity index (χ0n) is 21.4. The van der Waals surface area contributed by atoms with Crippen LogP contribution in [0, 0.1) is 20.8 Å². The maximum absolute atomic E-state index is 13.5. The van der Waals surface area contributed by atoms with Gasteiger partial charge in [-0.1, -0.05) is 17.7 Å². The summed E-state index contributed by atoms with van der Waals surface area (Å²) in [4.78, 5) is 39.4. The number of hydrogen-bond acceptors (Lipinski definition) is 6. The third-order valence-corrected chi connectivity index (χ3v) is 6.12. The summed E-state index contributed by atoms with van der Waals surface area (Å²) in [5.41, 5.74) is 5.69. The number of anilines is 1. The maximum atomic E-state index is 13.5. The van der Waals surface area contributed by atoms with Crippen molar-refractivity contribution >= 4 is 28.4 Å². The minimum absolute atomic E-state index is 0.211. The Morgan fingerprint density at radius 1 is 0.895 bits per heavy atom. The first-order chi connectivity index (χ1) is 18.4. The average Bonchev–Trinajstić information content (AvgIpc) is 3.33. The lowest BCUT2D eigenvalue weighted by atomic mass is 10.00. The van der Waals surface area contributed by atoms with Crippen LogP contribution in [0.25, 0.3) is 22.3 Å². The normalized spacial score (nSPS) is 10.9. The van der Waals surface area contributed by atoms with Gasteiger partial charge >= 0.3 is 0 Å². The minimum atomic E-state index is -0.266. The van der Waals surface area contributed by atoms with Crippen molar-refractivity contribution in [3.05, 3.63) is 107 Å². The number of carbonyl (C=O) groups is 2. The molecule has 0 aliphatic carbocycles. The Morgan fingerprint density at radius 3 is 2.42 bits per heavy atom. The SMILES string of the molecule is Cc1cc(C)c2nc(-c3ccccn3)cc(C(=O)Nc3ccc(C(=O)NCCc4ncc(C)o4)cc3)c2c1. The molecule has 0 atom stereocenters. The second kappa shape index (κ2) is 10.6. The van der Waals surface area contributed by atoms with Crippen LogP contribution in [0.5, 0.6) is 0 Å². The molecular formula is C30H27N5O3. The van der Waals surface area contributed by atoms with Gasteiger partial charge in [-0.3, -0.25) is 14.6 Å². The van der Waals surface area contributed by atoms with Crippen LogP contribution in [0.2, 0.25) is 0 Å². The molecule has 0 fully saturated rings. The van der Waals surface area contributed by atoms with Crippen molar-refractivity contribution in [3.63, 3.8) is 0 Å². The number of benzene rings is 2. The molecule has 3 aromatic heterocycles. The summed E-state index contributed by atoms with van der Waals surface area (Å²) in [6, 6.07) is 18.2. The molecule has 0 saturated heterocycles. The molecule has 3 heterocycles. The summed E-state index contributed by atoms with van der Waals surface area (Å²) in [6.45, 7) is 6.22. The fourth-order valence-corrected chi connectivity index (χ4v) is 4.32. The van der Waals surface area contributed by atoms with E-state index in [1.54, 1.807) is 42.7 Å². The van der Waals surface area contributed by atoms with Gasteiger partial charge in [-0.2, -0.15) is 0 Å². The Labute approximate surface area is 220 Å². The number of aryl methyl sites for hydroxylation is 3. The molecule has 8 nitrogen and oxygen atoms in total. The van der Waals surface area contributed by atoms with Gasteiger partial charge in [0.1, 0.15) is 5.76 Å². The Balaban J connectivity index is 1.34. The highest BCUT2D eigenvalue weighted by molar-refractivity contribution is 6.13. The van der Waals surface area contributed by atoms with E-state index in [0.717, 1.165) is 27.8 Å². The molecule has 190 valence electrons. The molecule has 38 heavy (non-hydrogen) atoms. The molecule has 2 amide bonds. The lowest BCUT2D eigenvalue weighted by molar-refractivity contribution is 0.0953. The van der Waals surface area contributed by atoms with Crippen LogP contribution in [-0.4, -0.2) is 33.3 Å². The van der Waals surface area contributed by atoms with Crippen molar-refractivity contribution in [3.8, 4) is 11.4 Å². The maximum Gasteiger partial charge on any atom is 0.256 e. The summed E-state index contributed by atoms with van der Waals surface area (Å²) < 4.78 is 5.42. The van der Waals surface area contributed by atoms with Crippen LogP contribution < -0.4 is 10.6 Å². The van der Waals surface area contributed by atoms with Crippen molar-refractivity contribution in [2.75, 3.05) is 11.9 Å². The minimum Gasteiger partial charge on any atom is -0.446 e. The van der Waals surface area contributed by atoms with Crippen LogP contribution in [0.3, 0.4) is 0 Å². The fourth-order valence-electron chi connectivity index (χ4n) is 4.32. The lowest BCUT2D eigenvalue weighted by Crippen LogP contribution is -2.25. The highest BCUT2D eigenvalue weighted by Gasteiger charge is 2.17. The number of aromatic nitrogens is 3. The molecule has 0 aliphatic rings. The molecule has 0 radical (unpaired) electrons. The predicted molar refractivity (Wildman–Crippen MR) is 146 cm³/mol. The van der Waals surface area contributed by atoms with Gasteiger partial charge in [0.05, 0.1) is 28.7 Å². The summed E-state index contributed by atoms with van der Waals surface area (Å²) in [5.74, 6) is 0.846. The van der Waals surface area contributed by atoms with Gasteiger partial charge in [-0.15, -0.1) is 0 Å². The second-order valence-electron chi connectivity index (χ2n) is 9.15. The highest BCUT2D eigenvalue weighted by atomic mass is 16.4. The Morgan fingerprint density at radius 2 is 1.71 bits per heavy atom. The van der Waals surface area contributed by atoms with Crippen LogP contribution in [0.1, 0.15) is 43.5 Å². The van der Waals surface area contributed by atoms with Gasteiger partial charge < -0.3 is 15.1 Å². The summed E-state index contributed by atoms with van der Waals surface area (Å²) in [7, 11) is 0. The van der Waals surface area contributed by atoms with E-state index >= 15 is 0 Å². The third kappa shape index (κ3) is 5.44. The summed E-state index contributed by atoms with van der Waals surface area (Å²) in [6.07, 6.45) is 3.86. The van der Waals surface area contributed by atoms with E-state index < -0.39 is 0 Å². The highest BCUT2D eigenvalue weighted by Crippen LogP contribution is 2.28. The van der Waals surface area contributed by atoms with Gasteiger partial charge in [0.25, 0.3) is 11.8 Å². The zero-order valence-corrected chi connectivity index (χ0v) is 21.4. The summed E-state index contributed by atoms with van der Waals surface area (Å²) >= 11 is 0. The number of carbonyl (C=O) groups excluding carboxylic acids is 2. The second-order valence-corrected chi connectivity index (χ2v) is 9.15. The van der Waals surface area contributed by atoms with Crippen LogP contribution in [0.15, 0.2) is 77.5 Å². The first kappa shape index (κ1) is 24.8. The van der Waals surface area contributed by atoms with E-state index in [2.05, 4.69) is 26.7 Å². The van der Waals surface area contributed by atoms with E-state index in [-0.39, 0.29) is 11.8 Å². The van der Waals surface area contributed by atoms with Gasteiger partial charge in [0.15, 0.2) is 5.89 Å². The first-order valence-corrected chi connectivity index (χ1v) is 12.3. The van der Waals surface area contributed by atoms with E-state index in [0.29, 0.717) is 47.1 Å². The van der Waals surface area contributed by atoms with Gasteiger partial charge in [0, 0.05) is 35.8 Å². The molecule has 5 aromatic rings. The van der Waals surface area contributed by atoms with Gasteiger partial charge in [-0.25, -0.2) is 9.97 Å². The van der Waals surface area contributed by atoms with Crippen molar-refractivity contribution in [2.24, 2.45) is 0 Å². The van der Waals surface area contributed by atoms with Crippen molar-refractivity contribution < 1.29 is 14.0 Å². The Bertz CT molecular complexity index is 1630. The Kier molecular flexibility index (Phi) is 6.95. The van der Waals surface area contributed by atoms with E-state index in [9.17, 15) is 9.59 Å². The van der Waals surface area contributed by atoms with Crippen molar-refractivity contribution in [2.45, 2.75) is 27.2 Å². The molecule has 5 rings (SSSR count). The molecular weight excluding hydrogens is 478 g/mol. The van der Waals surface area contributed by atoms with E-state index in [4.69, 9.17) is 9.40 Å². The number of pyridine rings is 2. The largest absolute Gasteiger partial charge is 0.446 e. The number of oxazole rings is 1. The molecule has 2 N–H and O–H groups in total. The lowest BCUT2D eigenvalue weighted by Gasteiger charge is -2.13. The zero-order chi connectivity index (χ0) is 26.6. The third-order valence-electron chi connectivity index (χ3n) is 6.12. The van der Waals surface area contributed by atoms with Crippen LogP contribution in [0.4, 0.5) is 5.69 Å². The first-order valence-electron chi connectivity index (χ1n) is 12.3. The molecule has 2 aromatic carbocycles. The van der Waals surface area contributed by atoms with Crippen LogP contribution >= 0.6 is 0 Å². The monoisotopic (exact) mass is 505 g/mol. The number of nitrogens with zero attached hydrogens (tertiary/aromatic N) is 3. The topological polar surface area (TPSA) is 110 Å². The van der Waals surface area contributed by atoms with E-state index in [1.165, 1.54) is 0 Å². The van der Waals surface area contributed by atoms with E-state index in [1.807, 2.05) is 45.0 Å². The number of nitrogens with one attached hydrogen (secondary N) is 2. The van der Waals surface area contributed by atoms with Gasteiger partial charge in [0.2, 0.25) is 0 Å². The molecule has 8 heteroatoms. The number of fused-ring (bicyclic) bond motifs is 1. The predicted octanol–water partition coefficient (Wildman–Crippen LogP) is 5.43. The van der Waals surface area contributed by atoms with Gasteiger partial charge in [-0.05, 0) is 74.9 Å². The number of amides is 2. The quantitative estimate of drug-likeness (QED) is 0.305. The fraction of sp³-hybridized carbons (Fsp3) is 0.167. The number of rotatable bonds is 7. The van der Waals surface area contributed by atoms with Crippen LogP contribution in [-0.2, 0) is 6.42 Å². The molecule has 0 aliphatic heterocycles. The molecule has 0 spiro atoms. The standard InChI is InChI=1S/C30H27N5O3/c1-18-14-19(2)28-23(15-18)24(16-26(35-28)25-6-4-5-12-31-25)30(37)34-22-9-7-21(8-10-22)29(36)32-13-11-27-33-17-20(3)38-27/h4-10,12,14-17H,11,13H2,1-3H3,(H,32,36)(H,34,37). The summed E-state index contributed by atoms with van der Waals surface area (Å²) in [5, 5.41) is 6.59. The molecule has 0 unspecified atom stereocenters.